The van der Waals surface area contributed by atoms with Gasteiger partial charge in [0.15, 0.2) is 5.78 Å². The van der Waals surface area contributed by atoms with E-state index in [2.05, 4.69) is 37.8 Å². The van der Waals surface area contributed by atoms with Crippen LogP contribution in [0.3, 0.4) is 0 Å². The third-order valence-electron chi connectivity index (χ3n) is 4.51. The summed E-state index contributed by atoms with van der Waals surface area (Å²) in [6.45, 7) is 6.27. The van der Waals surface area contributed by atoms with Crippen molar-refractivity contribution >= 4 is 5.78 Å². The summed E-state index contributed by atoms with van der Waals surface area (Å²) in [5.74, 6) is 0.780. The number of hydrogen-bond acceptors (Lipinski definition) is 2. The van der Waals surface area contributed by atoms with Crippen molar-refractivity contribution in [1.82, 2.24) is 0 Å². The van der Waals surface area contributed by atoms with Gasteiger partial charge in [0.25, 0.3) is 0 Å². The molecule has 0 bridgehead atoms. The summed E-state index contributed by atoms with van der Waals surface area (Å²) in [7, 11) is 0. The van der Waals surface area contributed by atoms with Crippen molar-refractivity contribution in [2.45, 2.75) is 26.4 Å². The van der Waals surface area contributed by atoms with E-state index in [-0.39, 0.29) is 5.78 Å². The second-order valence-electron chi connectivity index (χ2n) is 6.53. The fourth-order valence-electron chi connectivity index (χ4n) is 2.95. The highest BCUT2D eigenvalue weighted by Crippen LogP contribution is 2.23. The van der Waals surface area contributed by atoms with E-state index in [0.717, 1.165) is 29.7 Å². The first-order chi connectivity index (χ1) is 13.2. The Morgan fingerprint density at radius 1 is 0.852 bits per heavy atom. The number of hydrogen-bond donors (Lipinski definition) is 0. The number of carbonyl (C=O) groups is 1. The van der Waals surface area contributed by atoms with Gasteiger partial charge in [-0.15, -0.1) is 0 Å². The molecule has 0 amide bonds. The number of ether oxygens (including phenoxy) is 1. The minimum Gasteiger partial charge on any atom is -0.489 e. The van der Waals surface area contributed by atoms with Gasteiger partial charge in [0, 0.05) is 5.56 Å². The zero-order chi connectivity index (χ0) is 19.1. The first kappa shape index (κ1) is 18.7. The maximum Gasteiger partial charge on any atom is 0.185 e. The van der Waals surface area contributed by atoms with E-state index in [1.807, 2.05) is 48.5 Å². The molecule has 0 fully saturated rings. The summed E-state index contributed by atoms with van der Waals surface area (Å²) in [6.07, 6.45) is 3.61. The Morgan fingerprint density at radius 2 is 1.41 bits per heavy atom. The minimum atomic E-state index is -0.0620. The second-order valence-corrected chi connectivity index (χ2v) is 6.53. The molecule has 2 nitrogen and oxygen atoms in total. The molecule has 0 saturated heterocycles. The van der Waals surface area contributed by atoms with E-state index in [4.69, 9.17) is 4.74 Å². The smallest absolute Gasteiger partial charge is 0.185 e. The quantitative estimate of drug-likeness (QED) is 0.352. The zero-order valence-corrected chi connectivity index (χ0v) is 15.7. The van der Waals surface area contributed by atoms with Gasteiger partial charge in [-0.1, -0.05) is 80.6 Å². The highest BCUT2D eigenvalue weighted by atomic mass is 16.5. The standard InChI is InChI=1S/C25H24O2/c1-3-5-19-6-8-20(9-7-19)18-27-24-16-14-22(15-17-24)21-10-12-23(13-11-21)25(26)4-2/h4,6-17H,2-3,5,18H2,1H3. The Labute approximate surface area is 161 Å². The van der Waals surface area contributed by atoms with Gasteiger partial charge < -0.3 is 4.74 Å². The third kappa shape index (κ3) is 4.95. The van der Waals surface area contributed by atoms with E-state index < -0.39 is 0 Å². The van der Waals surface area contributed by atoms with Gasteiger partial charge in [-0.25, -0.2) is 0 Å². The van der Waals surface area contributed by atoms with E-state index in [1.54, 1.807) is 0 Å². The SMILES string of the molecule is C=CC(=O)c1ccc(-c2ccc(OCc3ccc(CCC)cc3)cc2)cc1. The van der Waals surface area contributed by atoms with E-state index in [1.165, 1.54) is 17.2 Å². The van der Waals surface area contributed by atoms with Gasteiger partial charge >= 0.3 is 0 Å². The molecule has 0 radical (unpaired) electrons. The van der Waals surface area contributed by atoms with Gasteiger partial charge in [-0.3, -0.25) is 4.79 Å². The van der Waals surface area contributed by atoms with E-state index in [0.29, 0.717) is 12.2 Å². The molecule has 27 heavy (non-hydrogen) atoms. The zero-order valence-electron chi connectivity index (χ0n) is 15.7. The Morgan fingerprint density at radius 3 is 1.96 bits per heavy atom. The molecule has 0 unspecified atom stereocenters. The second kappa shape index (κ2) is 9.00. The number of carbonyl (C=O) groups excluding carboxylic acids is 1. The van der Waals surface area contributed by atoms with Crippen LogP contribution in [0.5, 0.6) is 5.75 Å². The van der Waals surface area contributed by atoms with Crippen LogP contribution in [0.15, 0.2) is 85.5 Å². The molecule has 0 aromatic heterocycles. The first-order valence-corrected chi connectivity index (χ1v) is 9.27. The molecule has 0 atom stereocenters. The van der Waals surface area contributed by atoms with Crippen molar-refractivity contribution in [3.8, 4) is 16.9 Å². The molecule has 0 aliphatic rings. The Hall–Kier alpha value is -3.13. The molecule has 0 aliphatic carbocycles. The molecule has 0 spiro atoms. The summed E-state index contributed by atoms with van der Waals surface area (Å²) >= 11 is 0. The molecule has 3 aromatic carbocycles. The molecule has 3 rings (SSSR count). The van der Waals surface area contributed by atoms with Crippen molar-refractivity contribution in [2.75, 3.05) is 0 Å². The van der Waals surface area contributed by atoms with Crippen molar-refractivity contribution in [2.24, 2.45) is 0 Å². The van der Waals surface area contributed by atoms with Gasteiger partial charge in [0.1, 0.15) is 12.4 Å². The van der Waals surface area contributed by atoms with Crippen LogP contribution in [-0.4, -0.2) is 5.78 Å². The lowest BCUT2D eigenvalue weighted by Gasteiger charge is -2.09. The average Bonchev–Trinajstić information content (AvgIpc) is 2.73. The number of ketones is 1. The molecular weight excluding hydrogens is 332 g/mol. The highest BCUT2D eigenvalue weighted by molar-refractivity contribution is 6.04. The van der Waals surface area contributed by atoms with Crippen molar-refractivity contribution in [1.29, 1.82) is 0 Å². The normalized spacial score (nSPS) is 10.4. The van der Waals surface area contributed by atoms with Crippen molar-refractivity contribution in [3.05, 3.63) is 102 Å². The fraction of sp³-hybridized carbons (Fsp3) is 0.160. The summed E-state index contributed by atoms with van der Waals surface area (Å²) in [4.78, 5) is 11.6. The lowest BCUT2D eigenvalue weighted by molar-refractivity contribution is 0.104. The van der Waals surface area contributed by atoms with Gasteiger partial charge in [0.05, 0.1) is 0 Å². The molecule has 136 valence electrons. The van der Waals surface area contributed by atoms with Crippen LogP contribution >= 0.6 is 0 Å². The summed E-state index contributed by atoms with van der Waals surface area (Å²) < 4.78 is 5.89. The number of rotatable bonds is 8. The number of aryl methyl sites for hydroxylation is 1. The largest absolute Gasteiger partial charge is 0.489 e. The minimum absolute atomic E-state index is 0.0620. The van der Waals surface area contributed by atoms with Crippen LogP contribution in [0, 0.1) is 0 Å². The Kier molecular flexibility index (Phi) is 6.22. The van der Waals surface area contributed by atoms with Gasteiger partial charge in [0.2, 0.25) is 0 Å². The molecule has 3 aromatic rings. The monoisotopic (exact) mass is 356 g/mol. The van der Waals surface area contributed by atoms with Crippen LogP contribution in [0.2, 0.25) is 0 Å². The first-order valence-electron chi connectivity index (χ1n) is 9.27. The molecule has 0 N–H and O–H groups in total. The van der Waals surface area contributed by atoms with Crippen LogP contribution < -0.4 is 4.74 Å². The summed E-state index contributed by atoms with van der Waals surface area (Å²) in [6, 6.07) is 24.2. The summed E-state index contributed by atoms with van der Waals surface area (Å²) in [5.41, 5.74) is 5.34. The number of allylic oxidation sites excluding steroid dienone is 1. The maximum absolute atomic E-state index is 11.6. The average molecular weight is 356 g/mol. The molecular formula is C25H24O2. The van der Waals surface area contributed by atoms with Crippen LogP contribution in [0.4, 0.5) is 0 Å². The Balaban J connectivity index is 1.61. The fourth-order valence-corrected chi connectivity index (χ4v) is 2.95. The van der Waals surface area contributed by atoms with E-state index in [9.17, 15) is 4.79 Å². The van der Waals surface area contributed by atoms with Gasteiger partial charge in [-0.2, -0.15) is 0 Å². The predicted octanol–water partition coefficient (Wildman–Crippen LogP) is 6.25. The van der Waals surface area contributed by atoms with Gasteiger partial charge in [-0.05, 0) is 46.9 Å². The predicted molar refractivity (Wildman–Crippen MR) is 111 cm³/mol. The molecule has 0 saturated carbocycles. The Bertz CT molecular complexity index is 889. The van der Waals surface area contributed by atoms with Crippen LogP contribution in [0.1, 0.15) is 34.8 Å². The number of benzene rings is 3. The lowest BCUT2D eigenvalue weighted by Crippen LogP contribution is -1.96. The highest BCUT2D eigenvalue weighted by Gasteiger charge is 2.03. The van der Waals surface area contributed by atoms with E-state index >= 15 is 0 Å². The topological polar surface area (TPSA) is 26.3 Å². The van der Waals surface area contributed by atoms with Crippen molar-refractivity contribution < 1.29 is 9.53 Å². The third-order valence-corrected chi connectivity index (χ3v) is 4.51. The summed E-state index contributed by atoms with van der Waals surface area (Å²) in [5, 5.41) is 0. The lowest BCUT2D eigenvalue weighted by atomic mass is 10.0. The molecule has 0 aliphatic heterocycles. The maximum atomic E-state index is 11.6. The van der Waals surface area contributed by atoms with Crippen LogP contribution in [0.25, 0.3) is 11.1 Å². The molecule has 2 heteroatoms. The molecule has 0 heterocycles. The van der Waals surface area contributed by atoms with Crippen LogP contribution in [-0.2, 0) is 13.0 Å². The van der Waals surface area contributed by atoms with Crippen molar-refractivity contribution in [3.63, 3.8) is 0 Å².